The van der Waals surface area contributed by atoms with E-state index in [0.717, 1.165) is 48.1 Å². The van der Waals surface area contributed by atoms with Crippen LogP contribution in [0.5, 0.6) is 5.75 Å². The predicted molar refractivity (Wildman–Crippen MR) is 135 cm³/mol. The third-order valence-corrected chi connectivity index (χ3v) is 6.83. The normalized spacial score (nSPS) is 21.6. The molecule has 4 N–H and O–H groups in total. The maximum absolute atomic E-state index is 10.7. The number of rotatable bonds is 4. The van der Waals surface area contributed by atoms with Crippen LogP contribution in [0.15, 0.2) is 35.3 Å². The lowest BCUT2D eigenvalue weighted by molar-refractivity contribution is 0.407. The first-order valence-electron chi connectivity index (χ1n) is 11.8. The number of nitrogens with zero attached hydrogens (tertiary/aromatic N) is 4. The van der Waals surface area contributed by atoms with Gasteiger partial charge in [0.1, 0.15) is 5.75 Å². The number of hydrogen-bond acceptors (Lipinski definition) is 7. The van der Waals surface area contributed by atoms with Crippen LogP contribution >= 0.6 is 0 Å². The van der Waals surface area contributed by atoms with Crippen molar-refractivity contribution in [2.24, 2.45) is 4.99 Å². The van der Waals surface area contributed by atoms with Gasteiger partial charge in [0.25, 0.3) is 0 Å². The number of nitrogens with one attached hydrogen (secondary N) is 1. The molecule has 7 heteroatoms. The van der Waals surface area contributed by atoms with Gasteiger partial charge in [-0.2, -0.15) is 0 Å². The average Bonchev–Trinajstić information content (AvgIpc) is 2.73. The van der Waals surface area contributed by atoms with Gasteiger partial charge in [-0.15, -0.1) is 0 Å². The Morgan fingerprint density at radius 3 is 2.55 bits per heavy atom. The van der Waals surface area contributed by atoms with E-state index in [1.54, 1.807) is 19.3 Å². The minimum absolute atomic E-state index is 0.0834. The van der Waals surface area contributed by atoms with Gasteiger partial charge in [-0.3, -0.25) is 4.99 Å². The second-order valence-electron chi connectivity index (χ2n) is 9.52. The highest BCUT2D eigenvalue weighted by atomic mass is 16.3. The number of aromatic nitrogens is 2. The number of aromatic hydroxyl groups is 1. The second kappa shape index (κ2) is 8.63. The van der Waals surface area contributed by atoms with E-state index >= 15 is 0 Å². The van der Waals surface area contributed by atoms with Crippen LogP contribution in [0.1, 0.15) is 50.3 Å². The molecule has 5 rings (SSSR count). The van der Waals surface area contributed by atoms with Crippen LogP contribution in [-0.2, 0) is 0 Å². The Kier molecular flexibility index (Phi) is 5.66. The first-order valence-corrected chi connectivity index (χ1v) is 11.8. The number of hydrogen-bond donors (Lipinski definition) is 3. The van der Waals surface area contributed by atoms with E-state index in [1.165, 1.54) is 12.1 Å². The zero-order chi connectivity index (χ0) is 23.1. The molecule has 2 aliphatic rings. The molecule has 2 aromatic carbocycles. The lowest BCUT2D eigenvalue weighted by Gasteiger charge is -2.38. The summed E-state index contributed by atoms with van der Waals surface area (Å²) in [6.07, 6.45) is 5.19. The average molecular weight is 445 g/mol. The molecule has 0 unspecified atom stereocenters. The number of nitrogens with two attached hydrogens (primary N) is 1. The monoisotopic (exact) mass is 444 g/mol. The number of phenolic OH excluding ortho intramolecular Hbond substituents is 1. The first kappa shape index (κ1) is 21.6. The van der Waals surface area contributed by atoms with Crippen molar-refractivity contribution in [3.05, 3.63) is 41.6 Å². The topological polar surface area (TPSA) is 99.7 Å². The minimum atomic E-state index is 0.0834. The molecule has 1 saturated carbocycles. The Balaban J connectivity index is 1.63. The molecule has 7 nitrogen and oxygen atoms in total. The van der Waals surface area contributed by atoms with Gasteiger partial charge < -0.3 is 21.1 Å². The third kappa shape index (κ3) is 4.13. The number of phenols is 1. The lowest BCUT2D eigenvalue weighted by atomic mass is 9.81. The molecule has 1 aromatic heterocycles. The van der Waals surface area contributed by atoms with E-state index in [2.05, 4.69) is 47.3 Å². The predicted octanol–water partition coefficient (Wildman–Crippen LogP) is 4.09. The van der Waals surface area contributed by atoms with Crippen molar-refractivity contribution in [2.75, 3.05) is 30.8 Å². The zero-order valence-corrected chi connectivity index (χ0v) is 19.5. The SMILES string of the molecule is CN=Cc1cc(-c2nc(C3CCC3)c3cc(N4C[C@@H](C)N[C@@H](C)C4)ccc3n2)c(O)cc1N. The molecular formula is C26H32N6O. The van der Waals surface area contributed by atoms with Crippen LogP contribution in [0.4, 0.5) is 11.4 Å². The van der Waals surface area contributed by atoms with Gasteiger partial charge in [0.2, 0.25) is 0 Å². The summed E-state index contributed by atoms with van der Waals surface area (Å²) >= 11 is 0. The summed E-state index contributed by atoms with van der Waals surface area (Å²) in [6.45, 7) is 6.42. The molecule has 2 fully saturated rings. The van der Waals surface area contributed by atoms with Gasteiger partial charge in [0.05, 0.1) is 16.8 Å². The summed E-state index contributed by atoms with van der Waals surface area (Å²) in [6, 6.07) is 10.8. The van der Waals surface area contributed by atoms with Gasteiger partial charge in [0, 0.05) is 72.7 Å². The van der Waals surface area contributed by atoms with Crippen molar-refractivity contribution >= 4 is 28.5 Å². The minimum Gasteiger partial charge on any atom is -0.507 e. The first-order chi connectivity index (χ1) is 15.9. The van der Waals surface area contributed by atoms with Gasteiger partial charge in [-0.1, -0.05) is 6.42 Å². The van der Waals surface area contributed by atoms with E-state index in [4.69, 9.17) is 15.7 Å². The van der Waals surface area contributed by atoms with E-state index in [-0.39, 0.29) is 5.75 Å². The van der Waals surface area contributed by atoms with Crippen molar-refractivity contribution in [3.8, 4) is 17.1 Å². The quantitative estimate of drug-likeness (QED) is 0.414. The molecule has 0 spiro atoms. The summed E-state index contributed by atoms with van der Waals surface area (Å²) in [4.78, 5) is 16.4. The molecule has 1 aliphatic heterocycles. The second-order valence-corrected chi connectivity index (χ2v) is 9.52. The van der Waals surface area contributed by atoms with E-state index in [1.807, 2.05) is 6.07 Å². The van der Waals surface area contributed by atoms with Gasteiger partial charge in [-0.05, 0) is 51.0 Å². The molecule has 2 atom stereocenters. The molecule has 0 amide bonds. The molecule has 0 bridgehead atoms. The van der Waals surface area contributed by atoms with E-state index in [9.17, 15) is 5.11 Å². The fourth-order valence-electron chi connectivity index (χ4n) is 5.04. The van der Waals surface area contributed by atoms with E-state index in [0.29, 0.717) is 35.1 Å². The largest absolute Gasteiger partial charge is 0.507 e. The van der Waals surface area contributed by atoms with Crippen molar-refractivity contribution in [2.45, 2.75) is 51.1 Å². The van der Waals surface area contributed by atoms with Crippen molar-refractivity contribution in [3.63, 3.8) is 0 Å². The Morgan fingerprint density at radius 2 is 1.88 bits per heavy atom. The molecule has 0 radical (unpaired) electrons. The molecule has 33 heavy (non-hydrogen) atoms. The van der Waals surface area contributed by atoms with Gasteiger partial charge in [0.15, 0.2) is 5.82 Å². The molecule has 3 aromatic rings. The van der Waals surface area contributed by atoms with Crippen molar-refractivity contribution in [1.82, 2.24) is 15.3 Å². The highest BCUT2D eigenvalue weighted by molar-refractivity contribution is 5.92. The number of nitrogen functional groups attached to an aromatic ring is 1. The van der Waals surface area contributed by atoms with Crippen LogP contribution in [-0.4, -0.2) is 53.5 Å². The Hall–Kier alpha value is -3.19. The lowest BCUT2D eigenvalue weighted by Crippen LogP contribution is -2.54. The highest BCUT2D eigenvalue weighted by Gasteiger charge is 2.27. The smallest absolute Gasteiger partial charge is 0.163 e. The molecule has 1 saturated heterocycles. The summed E-state index contributed by atoms with van der Waals surface area (Å²) in [5.41, 5.74) is 11.1. The van der Waals surface area contributed by atoms with Gasteiger partial charge in [-0.25, -0.2) is 9.97 Å². The van der Waals surface area contributed by atoms with Crippen LogP contribution in [0.2, 0.25) is 0 Å². The Morgan fingerprint density at radius 1 is 1.12 bits per heavy atom. The van der Waals surface area contributed by atoms with Crippen molar-refractivity contribution in [1.29, 1.82) is 0 Å². The Labute approximate surface area is 194 Å². The fraction of sp³-hybridized carbons (Fsp3) is 0.423. The third-order valence-electron chi connectivity index (χ3n) is 6.83. The maximum atomic E-state index is 10.7. The highest BCUT2D eigenvalue weighted by Crippen LogP contribution is 2.41. The number of benzene rings is 2. The van der Waals surface area contributed by atoms with Crippen LogP contribution in [0.3, 0.4) is 0 Å². The van der Waals surface area contributed by atoms with Crippen molar-refractivity contribution < 1.29 is 5.11 Å². The Bertz CT molecular complexity index is 1210. The molecule has 1 aliphatic carbocycles. The number of fused-ring (bicyclic) bond motifs is 1. The zero-order valence-electron chi connectivity index (χ0n) is 19.5. The fourth-order valence-corrected chi connectivity index (χ4v) is 5.04. The van der Waals surface area contributed by atoms with E-state index < -0.39 is 0 Å². The number of anilines is 2. The molecule has 172 valence electrons. The standard InChI is InChI=1S/C26H32N6O/c1-15-13-32(14-16(2)29-15)19-7-8-23-20(10-19)25(17-5-4-6-17)31-26(30-23)21-9-18(12-28-3)22(27)11-24(21)33/h7-12,15-17,29,33H,4-6,13-14,27H2,1-3H3/t15-,16+. The van der Waals surface area contributed by atoms with Gasteiger partial charge >= 0.3 is 0 Å². The molecule has 2 heterocycles. The summed E-state index contributed by atoms with van der Waals surface area (Å²) < 4.78 is 0. The van der Waals surface area contributed by atoms with Crippen LogP contribution in [0, 0.1) is 0 Å². The maximum Gasteiger partial charge on any atom is 0.163 e. The summed E-state index contributed by atoms with van der Waals surface area (Å²) in [5, 5.41) is 15.4. The molecular weight excluding hydrogens is 412 g/mol. The number of aliphatic imine (C=N–C) groups is 1. The number of piperazine rings is 1. The summed E-state index contributed by atoms with van der Waals surface area (Å²) in [7, 11) is 1.70. The summed E-state index contributed by atoms with van der Waals surface area (Å²) in [5.74, 6) is 1.04. The van der Waals surface area contributed by atoms with Crippen LogP contribution in [0.25, 0.3) is 22.3 Å². The van der Waals surface area contributed by atoms with Crippen LogP contribution < -0.4 is 16.0 Å².